The molecule has 1 aliphatic carbocycles. The number of rotatable bonds is 4. The van der Waals surface area contributed by atoms with Crippen molar-refractivity contribution < 1.29 is 0 Å². The zero-order valence-electron chi connectivity index (χ0n) is 29.2. The molecule has 8 aromatic carbocycles. The van der Waals surface area contributed by atoms with E-state index in [-0.39, 0.29) is 0 Å². The molecule has 0 N–H and O–H groups in total. The fourth-order valence-electron chi connectivity index (χ4n) is 9.18. The smallest absolute Gasteiger partial charge is 0.0547 e. The Morgan fingerprint density at radius 2 is 0.889 bits per heavy atom. The molecule has 0 unspecified atom stereocenters. The lowest BCUT2D eigenvalue weighted by molar-refractivity contribution is 1.18. The Kier molecular flexibility index (Phi) is 6.05. The average molecular weight is 686 g/mol. The van der Waals surface area contributed by atoms with Gasteiger partial charge in [-0.1, -0.05) is 109 Å². The van der Waals surface area contributed by atoms with Crippen LogP contribution in [0.5, 0.6) is 0 Å². The maximum atomic E-state index is 4.46. The summed E-state index contributed by atoms with van der Waals surface area (Å²) in [5.41, 5.74) is 17.0. The monoisotopic (exact) mass is 685 g/mol. The molecule has 0 saturated carbocycles. The molecule has 11 aromatic rings. The molecule has 0 spiro atoms. The molecule has 0 saturated heterocycles. The molecule has 1 aliphatic rings. The third-order valence-corrected chi connectivity index (χ3v) is 11.6. The molecule has 3 nitrogen and oxygen atoms in total. The van der Waals surface area contributed by atoms with Gasteiger partial charge in [0.15, 0.2) is 0 Å². The molecule has 54 heavy (non-hydrogen) atoms. The summed E-state index contributed by atoms with van der Waals surface area (Å²) in [6, 6.07) is 64.5. The highest BCUT2D eigenvalue weighted by atomic mass is 15.0. The summed E-state index contributed by atoms with van der Waals surface area (Å²) in [5, 5.41) is 7.59. The second kappa shape index (κ2) is 11.1. The van der Waals surface area contributed by atoms with E-state index in [9.17, 15) is 0 Å². The van der Waals surface area contributed by atoms with Crippen LogP contribution in [0.25, 0.3) is 110 Å². The Morgan fingerprint density at radius 1 is 0.315 bits per heavy atom. The van der Waals surface area contributed by atoms with Gasteiger partial charge in [-0.25, -0.2) is 0 Å². The summed E-state index contributed by atoms with van der Waals surface area (Å²) < 4.78 is 4.80. The van der Waals surface area contributed by atoms with E-state index < -0.39 is 0 Å². The van der Waals surface area contributed by atoms with Gasteiger partial charge >= 0.3 is 0 Å². The summed E-state index contributed by atoms with van der Waals surface area (Å²) in [7, 11) is 0. The summed E-state index contributed by atoms with van der Waals surface area (Å²) >= 11 is 0. The highest BCUT2D eigenvalue weighted by Crippen LogP contribution is 2.49. The summed E-state index contributed by atoms with van der Waals surface area (Å²) in [6.45, 7) is 0. The Morgan fingerprint density at radius 3 is 1.63 bits per heavy atom. The van der Waals surface area contributed by atoms with Crippen molar-refractivity contribution in [3.05, 3.63) is 188 Å². The first kappa shape index (κ1) is 29.4. The van der Waals surface area contributed by atoms with Crippen LogP contribution in [-0.2, 0) is 0 Å². The topological polar surface area (TPSA) is 22.8 Å². The van der Waals surface area contributed by atoms with E-state index in [0.717, 1.165) is 5.69 Å². The first-order valence-corrected chi connectivity index (χ1v) is 18.5. The maximum Gasteiger partial charge on any atom is 0.0547 e. The van der Waals surface area contributed by atoms with Crippen LogP contribution in [0.3, 0.4) is 0 Å². The Hall–Kier alpha value is -7.23. The number of hydrogen-bond acceptors (Lipinski definition) is 1. The third kappa shape index (κ3) is 4.09. The van der Waals surface area contributed by atoms with Gasteiger partial charge in [0, 0.05) is 50.9 Å². The first-order chi connectivity index (χ1) is 26.8. The third-order valence-electron chi connectivity index (χ3n) is 11.6. The van der Waals surface area contributed by atoms with Crippen LogP contribution in [0.15, 0.2) is 188 Å². The molecule has 0 amide bonds. The van der Waals surface area contributed by atoms with Crippen LogP contribution < -0.4 is 0 Å². The average Bonchev–Trinajstić information content (AvgIpc) is 3.87. The van der Waals surface area contributed by atoms with Crippen molar-refractivity contribution in [2.45, 2.75) is 0 Å². The highest BCUT2D eigenvalue weighted by Gasteiger charge is 2.23. The first-order valence-electron chi connectivity index (χ1n) is 18.5. The molecule has 3 heteroatoms. The van der Waals surface area contributed by atoms with Crippen molar-refractivity contribution in [2.24, 2.45) is 0 Å². The van der Waals surface area contributed by atoms with Crippen molar-refractivity contribution in [1.29, 1.82) is 0 Å². The quantitative estimate of drug-likeness (QED) is 0.181. The largest absolute Gasteiger partial charge is 0.309 e. The van der Waals surface area contributed by atoms with Crippen LogP contribution in [0.1, 0.15) is 0 Å². The number of pyridine rings is 1. The van der Waals surface area contributed by atoms with E-state index in [0.29, 0.717) is 0 Å². The van der Waals surface area contributed by atoms with Crippen molar-refractivity contribution in [3.63, 3.8) is 0 Å². The molecule has 0 radical (unpaired) electrons. The SMILES string of the molecule is c1ccc(-n2c3ccccc3c3cc(-c4ccc5c(c4)c4ccc(-c6ccc7c8c(cccc68)-c6cnccc6-7)cc4n5-c4ccccc4)ccc32)cc1. The van der Waals surface area contributed by atoms with E-state index in [1.165, 1.54) is 105 Å². The van der Waals surface area contributed by atoms with Crippen LogP contribution in [-0.4, -0.2) is 14.1 Å². The summed E-state index contributed by atoms with van der Waals surface area (Å²) in [6.07, 6.45) is 3.90. The molecular formula is C51H31N3. The van der Waals surface area contributed by atoms with Gasteiger partial charge in [-0.05, 0) is 116 Å². The standard InChI is InChI=1S/C51H31N3/c1-3-10-35(11-4-1)53-47-17-8-7-14-39(47)44-28-32(19-24-48(44)53)33-20-25-49-45(29-33)40-21-18-34(30-50(40)54(49)36-12-5-2-6-13-36)37-22-23-43-38-26-27-52-31-46(38)42-16-9-15-41(37)51(42)43/h1-31H. The molecule has 3 heterocycles. The van der Waals surface area contributed by atoms with Gasteiger partial charge in [0.25, 0.3) is 0 Å². The predicted octanol–water partition coefficient (Wildman–Crippen LogP) is 13.4. The molecule has 0 atom stereocenters. The van der Waals surface area contributed by atoms with Crippen molar-refractivity contribution >= 4 is 54.4 Å². The molecular weight excluding hydrogens is 655 g/mol. The molecule has 250 valence electrons. The fraction of sp³-hybridized carbons (Fsp3) is 0. The zero-order valence-corrected chi connectivity index (χ0v) is 29.2. The van der Waals surface area contributed by atoms with Gasteiger partial charge in [0.1, 0.15) is 0 Å². The molecule has 3 aromatic heterocycles. The lowest BCUT2D eigenvalue weighted by Gasteiger charge is -2.12. The van der Waals surface area contributed by atoms with Gasteiger partial charge in [0.2, 0.25) is 0 Å². The zero-order chi connectivity index (χ0) is 35.3. The fourth-order valence-corrected chi connectivity index (χ4v) is 9.18. The molecule has 0 aliphatic heterocycles. The van der Waals surface area contributed by atoms with E-state index in [4.69, 9.17) is 0 Å². The second-order valence-corrected chi connectivity index (χ2v) is 14.4. The normalized spacial score (nSPS) is 12.1. The van der Waals surface area contributed by atoms with Crippen LogP contribution in [0.2, 0.25) is 0 Å². The number of benzene rings is 8. The number of nitrogens with zero attached hydrogens (tertiary/aromatic N) is 3. The molecule has 0 bridgehead atoms. The number of para-hydroxylation sites is 3. The van der Waals surface area contributed by atoms with Crippen LogP contribution >= 0.6 is 0 Å². The van der Waals surface area contributed by atoms with Gasteiger partial charge in [0.05, 0.1) is 22.1 Å². The number of aromatic nitrogens is 3. The lowest BCUT2D eigenvalue weighted by Crippen LogP contribution is -1.93. The summed E-state index contributed by atoms with van der Waals surface area (Å²) in [4.78, 5) is 4.46. The van der Waals surface area contributed by atoms with Crippen molar-refractivity contribution in [1.82, 2.24) is 14.1 Å². The summed E-state index contributed by atoms with van der Waals surface area (Å²) in [5.74, 6) is 0. The van der Waals surface area contributed by atoms with Gasteiger partial charge < -0.3 is 9.13 Å². The van der Waals surface area contributed by atoms with E-state index in [1.807, 2.05) is 12.4 Å². The lowest BCUT2D eigenvalue weighted by atomic mass is 9.93. The van der Waals surface area contributed by atoms with Gasteiger partial charge in [-0.15, -0.1) is 0 Å². The van der Waals surface area contributed by atoms with E-state index in [1.54, 1.807) is 0 Å². The number of fused-ring (bicyclic) bond motifs is 9. The van der Waals surface area contributed by atoms with Crippen molar-refractivity contribution in [3.8, 4) is 55.9 Å². The van der Waals surface area contributed by atoms with E-state index >= 15 is 0 Å². The maximum absolute atomic E-state index is 4.46. The van der Waals surface area contributed by atoms with Gasteiger partial charge in [-0.3, -0.25) is 4.98 Å². The minimum absolute atomic E-state index is 1.15. The minimum Gasteiger partial charge on any atom is -0.309 e. The Bertz CT molecular complexity index is 3280. The Balaban J connectivity index is 1.06. The highest BCUT2D eigenvalue weighted by molar-refractivity contribution is 6.19. The molecule has 0 fully saturated rings. The second-order valence-electron chi connectivity index (χ2n) is 14.4. The minimum atomic E-state index is 1.15. The predicted molar refractivity (Wildman–Crippen MR) is 226 cm³/mol. The van der Waals surface area contributed by atoms with Gasteiger partial charge in [-0.2, -0.15) is 0 Å². The Labute approximate surface area is 311 Å². The number of hydrogen-bond donors (Lipinski definition) is 0. The van der Waals surface area contributed by atoms with Crippen molar-refractivity contribution in [2.75, 3.05) is 0 Å². The van der Waals surface area contributed by atoms with Crippen LogP contribution in [0, 0.1) is 0 Å². The van der Waals surface area contributed by atoms with Crippen LogP contribution in [0.4, 0.5) is 0 Å². The molecule has 12 rings (SSSR count). The van der Waals surface area contributed by atoms with E-state index in [2.05, 4.69) is 190 Å².